The van der Waals surface area contributed by atoms with Gasteiger partial charge in [0, 0.05) is 29.8 Å². The van der Waals surface area contributed by atoms with E-state index in [0.717, 1.165) is 33.9 Å². The number of nitrogens with zero attached hydrogens (tertiary/aromatic N) is 2. The average molecular weight is 325 g/mol. The molecule has 0 saturated heterocycles. The minimum Gasteiger partial charge on any atom is -0.399 e. The second kappa shape index (κ2) is 7.36. The number of hydrogen-bond donors (Lipinski definition) is 5. The summed E-state index contributed by atoms with van der Waals surface area (Å²) in [6.45, 7) is 3.86. The zero-order valence-corrected chi connectivity index (χ0v) is 14.1. The van der Waals surface area contributed by atoms with Gasteiger partial charge in [-0.15, -0.1) is 0 Å². The fraction of sp³-hybridized carbons (Fsp3) is 0.176. The topological polar surface area (TPSA) is 127 Å². The summed E-state index contributed by atoms with van der Waals surface area (Å²) in [6.07, 6.45) is 0. The molecule has 0 radical (unpaired) electrons. The van der Waals surface area contributed by atoms with E-state index in [1.165, 1.54) is 0 Å². The summed E-state index contributed by atoms with van der Waals surface area (Å²) in [4.78, 5) is 8.34. The maximum atomic E-state index is 5.94. The van der Waals surface area contributed by atoms with E-state index in [4.69, 9.17) is 17.2 Å². The highest BCUT2D eigenvalue weighted by atomic mass is 15.2. The second-order valence-electron chi connectivity index (χ2n) is 5.44. The van der Waals surface area contributed by atoms with Crippen LogP contribution < -0.4 is 27.8 Å². The molecule has 0 bridgehead atoms. The molecule has 24 heavy (non-hydrogen) atoms. The van der Waals surface area contributed by atoms with Crippen molar-refractivity contribution in [2.24, 2.45) is 15.7 Å². The number of nitrogen functional groups attached to an aromatic ring is 2. The fourth-order valence-electron chi connectivity index (χ4n) is 2.06. The van der Waals surface area contributed by atoms with Crippen LogP contribution in [0.15, 0.2) is 46.4 Å². The molecular formula is C17H23N7. The Morgan fingerprint density at radius 1 is 0.875 bits per heavy atom. The molecule has 0 atom stereocenters. The lowest BCUT2D eigenvalue weighted by molar-refractivity contribution is 1.35. The van der Waals surface area contributed by atoms with Crippen molar-refractivity contribution >= 4 is 34.7 Å². The summed E-state index contributed by atoms with van der Waals surface area (Å²) in [5, 5.41) is 6.11. The molecule has 0 aliphatic carbocycles. The van der Waals surface area contributed by atoms with E-state index < -0.39 is 0 Å². The zero-order chi connectivity index (χ0) is 17.7. The Hall–Kier alpha value is -3.22. The van der Waals surface area contributed by atoms with Crippen LogP contribution >= 0.6 is 0 Å². The summed E-state index contributed by atoms with van der Waals surface area (Å²) in [6, 6.07) is 11.2. The van der Waals surface area contributed by atoms with Crippen LogP contribution in [0.3, 0.4) is 0 Å². The van der Waals surface area contributed by atoms with Crippen LogP contribution in [0.5, 0.6) is 0 Å². The predicted molar refractivity (Wildman–Crippen MR) is 103 cm³/mol. The highest BCUT2D eigenvalue weighted by molar-refractivity contribution is 6.05. The standard InChI is InChI=1S/C17H23N7/c1-10-8-12(4-6-14(10)18)22-16(20)24-17(21-3)23-13-5-7-15(19)11(2)9-13/h4-9H,18-19H2,1-3H3,(H4,20,21,22,23,24). The van der Waals surface area contributed by atoms with Gasteiger partial charge in [0.2, 0.25) is 11.9 Å². The van der Waals surface area contributed by atoms with Crippen LogP contribution in [0.2, 0.25) is 0 Å². The molecular weight excluding hydrogens is 302 g/mol. The molecule has 8 N–H and O–H groups in total. The van der Waals surface area contributed by atoms with Crippen LogP contribution in [-0.4, -0.2) is 19.0 Å². The number of guanidine groups is 2. The quantitative estimate of drug-likeness (QED) is 0.329. The van der Waals surface area contributed by atoms with Crippen molar-refractivity contribution in [2.75, 3.05) is 29.1 Å². The molecule has 0 spiro atoms. The van der Waals surface area contributed by atoms with Gasteiger partial charge in [-0.1, -0.05) is 0 Å². The highest BCUT2D eigenvalue weighted by Crippen LogP contribution is 2.17. The lowest BCUT2D eigenvalue weighted by atomic mass is 10.2. The number of hydrogen-bond acceptors (Lipinski definition) is 3. The molecule has 126 valence electrons. The number of aryl methyl sites for hydroxylation is 2. The molecule has 2 rings (SSSR count). The van der Waals surface area contributed by atoms with Crippen molar-refractivity contribution < 1.29 is 0 Å². The maximum Gasteiger partial charge on any atom is 0.225 e. The minimum atomic E-state index is 0.222. The molecule has 2 aromatic carbocycles. The first kappa shape index (κ1) is 17.1. The summed E-state index contributed by atoms with van der Waals surface area (Å²) in [7, 11) is 1.64. The van der Waals surface area contributed by atoms with Crippen LogP contribution in [0, 0.1) is 13.8 Å². The number of benzene rings is 2. The molecule has 0 amide bonds. The Morgan fingerprint density at radius 3 is 1.83 bits per heavy atom. The Bertz CT molecular complexity index is 794. The largest absolute Gasteiger partial charge is 0.399 e. The van der Waals surface area contributed by atoms with Gasteiger partial charge in [-0.3, -0.25) is 4.99 Å². The first-order chi connectivity index (χ1) is 11.4. The second-order valence-corrected chi connectivity index (χ2v) is 5.44. The van der Waals surface area contributed by atoms with Crippen molar-refractivity contribution in [3.8, 4) is 0 Å². The van der Waals surface area contributed by atoms with Crippen LogP contribution in [0.4, 0.5) is 22.7 Å². The van der Waals surface area contributed by atoms with Gasteiger partial charge in [0.1, 0.15) is 0 Å². The van der Waals surface area contributed by atoms with E-state index >= 15 is 0 Å². The summed E-state index contributed by atoms with van der Waals surface area (Å²) in [5.74, 6) is 0.607. The lowest BCUT2D eigenvalue weighted by Crippen LogP contribution is -2.26. The molecule has 2 aromatic rings. The van der Waals surface area contributed by atoms with Crippen molar-refractivity contribution in [1.29, 1.82) is 0 Å². The molecule has 0 heterocycles. The number of aliphatic imine (C=N–C) groups is 2. The first-order valence-corrected chi connectivity index (χ1v) is 7.46. The van der Waals surface area contributed by atoms with Crippen LogP contribution in [-0.2, 0) is 0 Å². The van der Waals surface area contributed by atoms with Gasteiger partial charge in [0.15, 0.2) is 0 Å². The Kier molecular flexibility index (Phi) is 5.26. The van der Waals surface area contributed by atoms with E-state index in [-0.39, 0.29) is 5.96 Å². The van der Waals surface area contributed by atoms with E-state index in [0.29, 0.717) is 5.96 Å². The summed E-state index contributed by atoms with van der Waals surface area (Å²) >= 11 is 0. The highest BCUT2D eigenvalue weighted by Gasteiger charge is 2.03. The molecule has 7 nitrogen and oxygen atoms in total. The van der Waals surface area contributed by atoms with Gasteiger partial charge in [0.05, 0.1) is 0 Å². The Balaban J connectivity index is 2.10. The van der Waals surface area contributed by atoms with Crippen molar-refractivity contribution in [3.05, 3.63) is 47.5 Å². The Morgan fingerprint density at radius 2 is 1.38 bits per heavy atom. The van der Waals surface area contributed by atoms with Crippen molar-refractivity contribution in [2.45, 2.75) is 13.8 Å². The van der Waals surface area contributed by atoms with E-state index in [1.807, 2.05) is 50.2 Å². The maximum absolute atomic E-state index is 5.94. The van der Waals surface area contributed by atoms with E-state index in [2.05, 4.69) is 20.6 Å². The van der Waals surface area contributed by atoms with Gasteiger partial charge in [0.25, 0.3) is 0 Å². The molecule has 7 heteroatoms. The molecule has 0 aromatic heterocycles. The first-order valence-electron chi connectivity index (χ1n) is 7.46. The SMILES string of the molecule is CN=C(N=C(N)Nc1ccc(N)c(C)c1)Nc1ccc(N)c(C)c1. The van der Waals surface area contributed by atoms with Crippen LogP contribution in [0.25, 0.3) is 0 Å². The zero-order valence-electron chi connectivity index (χ0n) is 14.1. The summed E-state index contributed by atoms with van der Waals surface area (Å²) in [5.41, 5.74) is 22.6. The van der Waals surface area contributed by atoms with Gasteiger partial charge < -0.3 is 27.8 Å². The average Bonchev–Trinajstić information content (AvgIpc) is 2.53. The third-order valence-electron chi connectivity index (χ3n) is 3.51. The normalized spacial score (nSPS) is 12.1. The van der Waals surface area contributed by atoms with Gasteiger partial charge >= 0.3 is 0 Å². The summed E-state index contributed by atoms with van der Waals surface area (Å²) < 4.78 is 0. The molecule has 0 aliphatic heterocycles. The number of anilines is 4. The van der Waals surface area contributed by atoms with Crippen molar-refractivity contribution in [3.63, 3.8) is 0 Å². The number of rotatable bonds is 2. The monoisotopic (exact) mass is 325 g/mol. The van der Waals surface area contributed by atoms with Gasteiger partial charge in [-0.05, 0) is 61.4 Å². The van der Waals surface area contributed by atoms with Gasteiger partial charge in [-0.25, -0.2) is 0 Å². The molecule has 0 saturated carbocycles. The van der Waals surface area contributed by atoms with Gasteiger partial charge in [-0.2, -0.15) is 4.99 Å². The van der Waals surface area contributed by atoms with E-state index in [9.17, 15) is 0 Å². The fourth-order valence-corrected chi connectivity index (χ4v) is 2.06. The third-order valence-corrected chi connectivity index (χ3v) is 3.51. The van der Waals surface area contributed by atoms with Crippen molar-refractivity contribution in [1.82, 2.24) is 0 Å². The predicted octanol–water partition coefficient (Wildman–Crippen LogP) is 2.29. The molecule has 0 unspecified atom stereocenters. The third kappa shape index (κ3) is 4.39. The molecule has 0 aliphatic rings. The number of nitrogens with one attached hydrogen (secondary N) is 2. The Labute approximate surface area is 141 Å². The minimum absolute atomic E-state index is 0.222. The smallest absolute Gasteiger partial charge is 0.225 e. The number of nitrogens with two attached hydrogens (primary N) is 3. The van der Waals surface area contributed by atoms with Crippen LogP contribution in [0.1, 0.15) is 11.1 Å². The lowest BCUT2D eigenvalue weighted by Gasteiger charge is -2.10. The molecule has 0 fully saturated rings. The van der Waals surface area contributed by atoms with E-state index in [1.54, 1.807) is 7.05 Å².